The molecule has 4 heteroatoms. The fraction of sp³-hybridized carbons (Fsp3) is 0.875. The second-order valence-electron chi connectivity index (χ2n) is 9.09. The maximum atomic E-state index is 11.3. The lowest BCUT2D eigenvalue weighted by molar-refractivity contribution is -0.143. The number of carbonyl (C=O) groups is 1. The van der Waals surface area contributed by atoms with Gasteiger partial charge in [0.25, 0.3) is 0 Å². The number of hydrogen-bond donors (Lipinski definition) is 2. The first kappa shape index (κ1) is 25.2. The minimum atomic E-state index is -0.326. The van der Waals surface area contributed by atoms with Crippen LogP contribution in [0, 0.1) is 11.3 Å². The molecule has 3 atom stereocenters. The molecule has 0 spiro atoms. The van der Waals surface area contributed by atoms with Gasteiger partial charge in [-0.05, 0) is 50.9 Å². The third-order valence-electron chi connectivity index (χ3n) is 6.30. The van der Waals surface area contributed by atoms with Crippen molar-refractivity contribution in [3.05, 3.63) is 11.6 Å². The van der Waals surface area contributed by atoms with Crippen molar-refractivity contribution in [2.45, 2.75) is 117 Å². The van der Waals surface area contributed by atoms with Crippen molar-refractivity contribution < 1.29 is 19.7 Å². The maximum absolute atomic E-state index is 11.3. The molecule has 0 heterocycles. The first-order valence-electron chi connectivity index (χ1n) is 11.5. The van der Waals surface area contributed by atoms with Crippen molar-refractivity contribution in [3.8, 4) is 0 Å². The number of aliphatic hydroxyl groups excluding tert-OH is 2. The molecule has 2 N–H and O–H groups in total. The molecule has 1 aliphatic rings. The van der Waals surface area contributed by atoms with Gasteiger partial charge in [0.15, 0.2) is 0 Å². The van der Waals surface area contributed by atoms with E-state index in [-0.39, 0.29) is 29.5 Å². The van der Waals surface area contributed by atoms with Crippen molar-refractivity contribution in [2.75, 3.05) is 6.61 Å². The first-order valence-corrected chi connectivity index (χ1v) is 11.5. The predicted molar refractivity (Wildman–Crippen MR) is 115 cm³/mol. The zero-order valence-electron chi connectivity index (χ0n) is 18.7. The molecule has 1 rings (SSSR count). The van der Waals surface area contributed by atoms with Crippen LogP contribution in [-0.2, 0) is 9.53 Å². The Kier molecular flexibility index (Phi) is 12.0. The zero-order chi connectivity index (χ0) is 21.0. The molecule has 1 unspecified atom stereocenters. The van der Waals surface area contributed by atoms with E-state index < -0.39 is 0 Å². The lowest BCUT2D eigenvalue weighted by atomic mass is 9.79. The average Bonchev–Trinajstić information content (AvgIpc) is 3.00. The molecular formula is C24H44O4. The molecule has 0 bridgehead atoms. The quantitative estimate of drug-likeness (QED) is 0.229. The molecular weight excluding hydrogens is 352 g/mol. The third kappa shape index (κ3) is 9.09. The third-order valence-corrected chi connectivity index (χ3v) is 6.30. The zero-order valence-corrected chi connectivity index (χ0v) is 18.7. The van der Waals surface area contributed by atoms with Gasteiger partial charge in [-0.15, -0.1) is 0 Å². The van der Waals surface area contributed by atoms with Crippen molar-refractivity contribution in [1.82, 2.24) is 0 Å². The van der Waals surface area contributed by atoms with E-state index in [1.807, 2.05) is 6.92 Å². The van der Waals surface area contributed by atoms with E-state index in [2.05, 4.69) is 26.8 Å². The number of rotatable bonds is 14. The summed E-state index contributed by atoms with van der Waals surface area (Å²) in [5.41, 5.74) is 1.28. The molecule has 4 nitrogen and oxygen atoms in total. The number of unbranched alkanes of at least 4 members (excludes halogenated alkanes) is 4. The molecule has 28 heavy (non-hydrogen) atoms. The van der Waals surface area contributed by atoms with Crippen LogP contribution >= 0.6 is 0 Å². The fourth-order valence-corrected chi connectivity index (χ4v) is 4.18. The van der Waals surface area contributed by atoms with Gasteiger partial charge in [-0.1, -0.05) is 64.5 Å². The van der Waals surface area contributed by atoms with Crippen LogP contribution in [0.4, 0.5) is 0 Å². The molecule has 0 aromatic rings. The Morgan fingerprint density at radius 1 is 1.21 bits per heavy atom. The molecule has 0 aromatic heterocycles. The van der Waals surface area contributed by atoms with Crippen molar-refractivity contribution in [1.29, 1.82) is 0 Å². The molecule has 0 aromatic carbocycles. The van der Waals surface area contributed by atoms with Crippen LogP contribution in [0.15, 0.2) is 11.6 Å². The summed E-state index contributed by atoms with van der Waals surface area (Å²) in [4.78, 5) is 11.3. The maximum Gasteiger partial charge on any atom is 0.305 e. The highest BCUT2D eigenvalue weighted by atomic mass is 16.5. The Morgan fingerprint density at radius 3 is 2.61 bits per heavy atom. The van der Waals surface area contributed by atoms with Crippen LogP contribution in [0.5, 0.6) is 0 Å². The van der Waals surface area contributed by atoms with Crippen molar-refractivity contribution in [3.63, 3.8) is 0 Å². The van der Waals surface area contributed by atoms with E-state index >= 15 is 0 Å². The van der Waals surface area contributed by atoms with Crippen LogP contribution in [0.25, 0.3) is 0 Å². The molecule has 0 saturated heterocycles. The van der Waals surface area contributed by atoms with E-state index in [0.29, 0.717) is 19.4 Å². The molecule has 1 saturated carbocycles. The summed E-state index contributed by atoms with van der Waals surface area (Å²) in [6.07, 6.45) is 13.1. The van der Waals surface area contributed by atoms with Gasteiger partial charge in [-0.2, -0.15) is 0 Å². The van der Waals surface area contributed by atoms with E-state index in [9.17, 15) is 15.0 Å². The van der Waals surface area contributed by atoms with Gasteiger partial charge in [0.05, 0.1) is 18.8 Å². The number of esters is 1. The fourth-order valence-electron chi connectivity index (χ4n) is 4.18. The van der Waals surface area contributed by atoms with E-state index in [4.69, 9.17) is 4.74 Å². The second kappa shape index (κ2) is 13.4. The normalized spacial score (nSPS) is 22.6. The molecule has 0 amide bonds. The Morgan fingerprint density at radius 2 is 1.93 bits per heavy atom. The molecule has 0 radical (unpaired) electrons. The summed E-state index contributed by atoms with van der Waals surface area (Å²) in [5.74, 6) is 0.148. The SMILES string of the molecule is CCCCC(C)(C)C(O)CC=C1CC[C@@H](O)[C@@H]1CCCCCCC(=O)OCC. The Labute approximate surface area is 172 Å². The summed E-state index contributed by atoms with van der Waals surface area (Å²) < 4.78 is 4.95. The van der Waals surface area contributed by atoms with Crippen molar-refractivity contribution >= 4 is 5.97 Å². The predicted octanol–water partition coefficient (Wildman–Crippen LogP) is 5.55. The summed E-state index contributed by atoms with van der Waals surface area (Å²) in [5, 5.41) is 21.0. The van der Waals surface area contributed by atoms with Gasteiger partial charge in [-0.25, -0.2) is 0 Å². The standard InChI is InChI=1S/C24H44O4/c1-5-7-18-24(3,4)22(26)17-15-19-14-16-21(25)20(19)12-10-8-9-11-13-23(27)28-6-2/h15,20-22,25-26H,5-14,16-18H2,1-4H3/t20-,21-,22?/m1/s1. The summed E-state index contributed by atoms with van der Waals surface area (Å²) in [7, 11) is 0. The van der Waals surface area contributed by atoms with Gasteiger partial charge in [0, 0.05) is 12.3 Å². The minimum Gasteiger partial charge on any atom is -0.466 e. The van der Waals surface area contributed by atoms with Crippen LogP contribution in [0.2, 0.25) is 0 Å². The highest BCUT2D eigenvalue weighted by molar-refractivity contribution is 5.69. The van der Waals surface area contributed by atoms with Gasteiger partial charge in [0.1, 0.15) is 0 Å². The molecule has 0 aliphatic heterocycles. The monoisotopic (exact) mass is 396 g/mol. The van der Waals surface area contributed by atoms with Crippen LogP contribution in [0.3, 0.4) is 0 Å². The molecule has 1 fully saturated rings. The topological polar surface area (TPSA) is 66.8 Å². The average molecular weight is 397 g/mol. The Bertz CT molecular complexity index is 469. The van der Waals surface area contributed by atoms with Gasteiger partial charge in [-0.3, -0.25) is 4.79 Å². The summed E-state index contributed by atoms with van der Waals surface area (Å²) in [6.45, 7) is 8.79. The number of ether oxygens (including phenoxy) is 1. The van der Waals surface area contributed by atoms with Gasteiger partial charge in [0.2, 0.25) is 0 Å². The Hall–Kier alpha value is -0.870. The Balaban J connectivity index is 2.38. The lowest BCUT2D eigenvalue weighted by Gasteiger charge is -2.30. The van der Waals surface area contributed by atoms with E-state index in [0.717, 1.165) is 64.2 Å². The number of aliphatic hydroxyl groups is 2. The van der Waals surface area contributed by atoms with Crippen LogP contribution < -0.4 is 0 Å². The van der Waals surface area contributed by atoms with E-state index in [1.165, 1.54) is 5.57 Å². The molecule has 164 valence electrons. The summed E-state index contributed by atoms with van der Waals surface area (Å²) in [6, 6.07) is 0. The van der Waals surface area contributed by atoms with Crippen LogP contribution in [0.1, 0.15) is 105 Å². The number of hydrogen-bond acceptors (Lipinski definition) is 4. The largest absolute Gasteiger partial charge is 0.466 e. The highest BCUT2D eigenvalue weighted by Gasteiger charge is 2.31. The van der Waals surface area contributed by atoms with E-state index in [1.54, 1.807) is 0 Å². The first-order chi connectivity index (χ1) is 13.3. The van der Waals surface area contributed by atoms with Crippen LogP contribution in [-0.4, -0.2) is 35.0 Å². The number of carbonyl (C=O) groups excluding carboxylic acids is 1. The van der Waals surface area contributed by atoms with Crippen molar-refractivity contribution in [2.24, 2.45) is 11.3 Å². The van der Waals surface area contributed by atoms with Gasteiger partial charge < -0.3 is 14.9 Å². The second-order valence-corrected chi connectivity index (χ2v) is 9.09. The lowest BCUT2D eigenvalue weighted by Crippen LogP contribution is -2.29. The highest BCUT2D eigenvalue weighted by Crippen LogP contribution is 2.37. The smallest absolute Gasteiger partial charge is 0.305 e. The van der Waals surface area contributed by atoms with Gasteiger partial charge >= 0.3 is 5.97 Å². The minimum absolute atomic E-state index is 0.0568. The molecule has 1 aliphatic carbocycles. The summed E-state index contributed by atoms with van der Waals surface area (Å²) >= 11 is 0.